The molecule has 3 atom stereocenters. The molecular weight excluding hydrogens is 318 g/mol. The first-order valence-electron chi connectivity index (χ1n) is 10.4. The minimum atomic E-state index is 0.513. The van der Waals surface area contributed by atoms with E-state index in [1.807, 2.05) is 24.8 Å². The molecule has 0 aliphatic heterocycles. The molecule has 5 saturated carbocycles. The Hall–Kier alpha value is -1.83. The first-order chi connectivity index (χ1) is 12.8. The molecule has 0 saturated heterocycles. The van der Waals surface area contributed by atoms with E-state index in [1.165, 1.54) is 49.8 Å². The number of rotatable bonds is 4. The highest BCUT2D eigenvalue weighted by Crippen LogP contribution is 2.64. The third-order valence-corrected chi connectivity index (χ3v) is 7.79. The largest absolute Gasteiger partial charge is 0.472 e. The van der Waals surface area contributed by atoms with Gasteiger partial charge >= 0.3 is 0 Å². The van der Waals surface area contributed by atoms with Crippen LogP contribution in [0.4, 0.5) is 0 Å². The summed E-state index contributed by atoms with van der Waals surface area (Å²) in [5.41, 5.74) is 3.09. The van der Waals surface area contributed by atoms with Gasteiger partial charge in [-0.3, -0.25) is 4.98 Å². The van der Waals surface area contributed by atoms with E-state index in [0.29, 0.717) is 23.2 Å². The summed E-state index contributed by atoms with van der Waals surface area (Å²) in [7, 11) is 0. The van der Waals surface area contributed by atoms with Crippen molar-refractivity contribution in [3.8, 4) is 0 Å². The van der Waals surface area contributed by atoms with Crippen LogP contribution in [0.5, 0.6) is 0 Å². The molecule has 134 valence electrons. The molecule has 2 nitrogen and oxygen atoms in total. The maximum Gasteiger partial charge on any atom is 0.0937 e. The second kappa shape index (κ2) is 5.58. The summed E-state index contributed by atoms with van der Waals surface area (Å²) in [5.74, 6) is 4.67. The molecule has 3 unspecified atom stereocenters. The molecule has 0 spiro atoms. The predicted octanol–water partition coefficient (Wildman–Crippen LogP) is 5.94. The average molecular weight is 345 g/mol. The maximum atomic E-state index is 5.38. The first kappa shape index (κ1) is 15.2. The number of aromatic nitrogens is 1. The van der Waals surface area contributed by atoms with Gasteiger partial charge in [0, 0.05) is 23.7 Å². The number of hydrogen-bond acceptors (Lipinski definition) is 2. The normalized spacial score (nSPS) is 43.2. The number of pyridine rings is 1. The highest BCUT2D eigenvalue weighted by atomic mass is 16.3. The van der Waals surface area contributed by atoms with Crippen LogP contribution in [0.3, 0.4) is 0 Å². The molecule has 2 heterocycles. The van der Waals surface area contributed by atoms with Gasteiger partial charge in [-0.2, -0.15) is 0 Å². The van der Waals surface area contributed by atoms with E-state index in [2.05, 4.69) is 35.3 Å². The smallest absolute Gasteiger partial charge is 0.0937 e. The summed E-state index contributed by atoms with van der Waals surface area (Å²) in [4.78, 5) is 4.66. The molecular formula is C24H27NO. The van der Waals surface area contributed by atoms with Gasteiger partial charge in [0.2, 0.25) is 0 Å². The average Bonchev–Trinajstić information content (AvgIpc) is 3.09. The fourth-order valence-electron chi connectivity index (χ4n) is 7.12. The maximum absolute atomic E-state index is 5.38. The van der Waals surface area contributed by atoms with Crippen LogP contribution < -0.4 is 0 Å². The van der Waals surface area contributed by atoms with Crippen molar-refractivity contribution in [2.45, 2.75) is 50.4 Å². The second-order valence-corrected chi connectivity index (χ2v) is 9.58. The Morgan fingerprint density at radius 1 is 0.962 bits per heavy atom. The van der Waals surface area contributed by atoms with Crippen LogP contribution in [0, 0.1) is 29.1 Å². The molecule has 26 heavy (non-hydrogen) atoms. The molecule has 5 fully saturated rings. The van der Waals surface area contributed by atoms with E-state index in [-0.39, 0.29) is 0 Å². The van der Waals surface area contributed by atoms with Gasteiger partial charge in [0.15, 0.2) is 0 Å². The summed E-state index contributed by atoms with van der Waals surface area (Å²) in [6.45, 7) is 0. The predicted molar refractivity (Wildman–Crippen MR) is 102 cm³/mol. The zero-order valence-corrected chi connectivity index (χ0v) is 15.3. The fourth-order valence-corrected chi connectivity index (χ4v) is 7.12. The van der Waals surface area contributed by atoms with Crippen LogP contribution in [0.1, 0.15) is 61.6 Å². The van der Waals surface area contributed by atoms with Gasteiger partial charge in [0.1, 0.15) is 0 Å². The van der Waals surface area contributed by atoms with Crippen molar-refractivity contribution < 1.29 is 4.42 Å². The standard InChI is InChI=1S/C24H27NO/c1-2-7-25-21(3-1)23-20(22(23)19-5-8-26-15-19)4-6-24-12-16-9-17(13-24)11-18(10-16)14-24/h1-8,15-18,20,22-23H,9-14H2/b6-4+. The molecule has 0 N–H and O–H groups in total. The van der Waals surface area contributed by atoms with Crippen LogP contribution in [0.2, 0.25) is 0 Å². The van der Waals surface area contributed by atoms with Gasteiger partial charge in [-0.25, -0.2) is 0 Å². The molecule has 2 aromatic heterocycles. The van der Waals surface area contributed by atoms with Crippen molar-refractivity contribution in [2.24, 2.45) is 29.1 Å². The van der Waals surface area contributed by atoms with Crippen LogP contribution in [-0.2, 0) is 0 Å². The third kappa shape index (κ3) is 2.41. The van der Waals surface area contributed by atoms with Gasteiger partial charge in [-0.1, -0.05) is 18.2 Å². The van der Waals surface area contributed by atoms with Crippen LogP contribution in [-0.4, -0.2) is 4.98 Å². The molecule has 5 aliphatic carbocycles. The lowest BCUT2D eigenvalue weighted by atomic mass is 9.49. The Bertz CT molecular complexity index is 771. The molecule has 4 bridgehead atoms. The van der Waals surface area contributed by atoms with Crippen LogP contribution >= 0.6 is 0 Å². The molecule has 5 aliphatic rings. The summed E-state index contributed by atoms with van der Waals surface area (Å²) < 4.78 is 5.38. The summed E-state index contributed by atoms with van der Waals surface area (Å²) in [6, 6.07) is 8.46. The van der Waals surface area contributed by atoms with Crippen molar-refractivity contribution in [1.29, 1.82) is 0 Å². The fraction of sp³-hybridized carbons (Fsp3) is 0.542. The third-order valence-electron chi connectivity index (χ3n) is 7.79. The zero-order valence-electron chi connectivity index (χ0n) is 15.3. The molecule has 0 aromatic carbocycles. The Morgan fingerprint density at radius 3 is 2.35 bits per heavy atom. The quantitative estimate of drug-likeness (QED) is 0.641. The van der Waals surface area contributed by atoms with Crippen molar-refractivity contribution >= 4 is 0 Å². The lowest BCUT2D eigenvalue weighted by Gasteiger charge is -2.56. The summed E-state index contributed by atoms with van der Waals surface area (Å²) in [6.07, 6.45) is 19.8. The highest BCUT2D eigenvalue weighted by Gasteiger charge is 2.53. The van der Waals surface area contributed by atoms with Gasteiger partial charge < -0.3 is 4.42 Å². The minimum Gasteiger partial charge on any atom is -0.472 e. The number of furan rings is 1. The Balaban J connectivity index is 1.28. The van der Waals surface area contributed by atoms with Crippen molar-refractivity contribution in [2.75, 3.05) is 0 Å². The second-order valence-electron chi connectivity index (χ2n) is 9.58. The lowest BCUT2D eigenvalue weighted by molar-refractivity contribution is -0.0239. The van der Waals surface area contributed by atoms with Gasteiger partial charge in [0.25, 0.3) is 0 Å². The first-order valence-corrected chi connectivity index (χ1v) is 10.4. The van der Waals surface area contributed by atoms with E-state index in [1.54, 1.807) is 0 Å². The number of nitrogens with zero attached hydrogens (tertiary/aromatic N) is 1. The topological polar surface area (TPSA) is 26.0 Å². The molecule has 2 heteroatoms. The SMILES string of the molecule is C(=C\C12CC3CC(CC(C3)C1)C2)/C1C(c2ccoc2)C1c1ccccn1. The zero-order chi connectivity index (χ0) is 17.1. The highest BCUT2D eigenvalue weighted by molar-refractivity contribution is 5.38. The minimum absolute atomic E-state index is 0.513. The monoisotopic (exact) mass is 345 g/mol. The van der Waals surface area contributed by atoms with Crippen molar-refractivity contribution in [3.05, 3.63) is 66.4 Å². The molecule has 0 radical (unpaired) electrons. The van der Waals surface area contributed by atoms with Gasteiger partial charge in [-0.15, -0.1) is 0 Å². The molecule has 7 rings (SSSR count). The summed E-state index contributed by atoms with van der Waals surface area (Å²) >= 11 is 0. The number of allylic oxidation sites excluding steroid dienone is 2. The van der Waals surface area contributed by atoms with E-state index in [0.717, 1.165) is 17.8 Å². The Kier molecular flexibility index (Phi) is 3.27. The van der Waals surface area contributed by atoms with E-state index >= 15 is 0 Å². The van der Waals surface area contributed by atoms with Crippen molar-refractivity contribution in [1.82, 2.24) is 4.98 Å². The van der Waals surface area contributed by atoms with E-state index < -0.39 is 0 Å². The van der Waals surface area contributed by atoms with Crippen LogP contribution in [0.25, 0.3) is 0 Å². The van der Waals surface area contributed by atoms with Gasteiger partial charge in [0.05, 0.1) is 12.5 Å². The lowest BCUT2D eigenvalue weighted by Crippen LogP contribution is -2.45. The van der Waals surface area contributed by atoms with Gasteiger partial charge in [-0.05, 0) is 91.4 Å². The Morgan fingerprint density at radius 2 is 1.73 bits per heavy atom. The van der Waals surface area contributed by atoms with Crippen molar-refractivity contribution in [3.63, 3.8) is 0 Å². The molecule has 0 amide bonds. The van der Waals surface area contributed by atoms with E-state index in [4.69, 9.17) is 4.42 Å². The van der Waals surface area contributed by atoms with E-state index in [9.17, 15) is 0 Å². The summed E-state index contributed by atoms with van der Waals surface area (Å²) in [5, 5.41) is 0. The Labute approximate surface area is 155 Å². The number of hydrogen-bond donors (Lipinski definition) is 0. The molecule has 2 aromatic rings. The van der Waals surface area contributed by atoms with Crippen LogP contribution in [0.15, 0.2) is 59.6 Å².